The van der Waals surface area contributed by atoms with Crippen molar-refractivity contribution in [2.24, 2.45) is 0 Å². The van der Waals surface area contributed by atoms with Crippen LogP contribution >= 0.6 is 0 Å². The average Bonchev–Trinajstić information content (AvgIpc) is 3.11. The second-order valence-corrected chi connectivity index (χ2v) is 5.03. The van der Waals surface area contributed by atoms with Crippen LogP contribution in [0.25, 0.3) is 0 Å². The predicted molar refractivity (Wildman–Crippen MR) is 69.3 cm³/mol. The number of nitrogens with zero attached hydrogens (tertiary/aromatic N) is 1. The highest BCUT2D eigenvalue weighted by Gasteiger charge is 2.28. The van der Waals surface area contributed by atoms with E-state index in [4.69, 9.17) is 4.84 Å². The Kier molecular flexibility index (Phi) is 7.87. The van der Waals surface area contributed by atoms with Gasteiger partial charge < -0.3 is 4.84 Å². The zero-order chi connectivity index (χ0) is 11.6. The molecule has 0 aromatic carbocycles. The highest BCUT2D eigenvalue weighted by molar-refractivity contribution is 4.80. The molecule has 0 amide bonds. The number of hydrogen-bond acceptors (Lipinski definition) is 2. The van der Waals surface area contributed by atoms with Gasteiger partial charge in [0.25, 0.3) is 0 Å². The van der Waals surface area contributed by atoms with Crippen molar-refractivity contribution in [1.29, 1.82) is 0 Å². The second-order valence-electron chi connectivity index (χ2n) is 5.03. The van der Waals surface area contributed by atoms with Crippen LogP contribution in [0.15, 0.2) is 0 Å². The van der Waals surface area contributed by atoms with E-state index in [0.717, 1.165) is 12.6 Å². The first-order valence-electron chi connectivity index (χ1n) is 7.19. The standard InChI is InChI=1S/C14H29NO/c1-3-4-5-6-7-8-9-10-13-15(16-2)14-11-12-14/h14H,3-13H2,1-2H3. The maximum absolute atomic E-state index is 5.37. The van der Waals surface area contributed by atoms with Gasteiger partial charge in [-0.05, 0) is 19.3 Å². The minimum Gasteiger partial charge on any atom is -0.302 e. The molecule has 0 bridgehead atoms. The molecule has 0 aliphatic heterocycles. The van der Waals surface area contributed by atoms with Gasteiger partial charge in [0, 0.05) is 12.6 Å². The zero-order valence-corrected chi connectivity index (χ0v) is 11.2. The van der Waals surface area contributed by atoms with E-state index in [1.807, 2.05) is 7.11 Å². The molecule has 2 heteroatoms. The zero-order valence-electron chi connectivity index (χ0n) is 11.2. The van der Waals surface area contributed by atoms with Crippen molar-refractivity contribution in [3.8, 4) is 0 Å². The molecule has 1 rings (SSSR count). The Morgan fingerprint density at radius 2 is 1.50 bits per heavy atom. The summed E-state index contributed by atoms with van der Waals surface area (Å²) >= 11 is 0. The maximum atomic E-state index is 5.37. The van der Waals surface area contributed by atoms with Crippen molar-refractivity contribution in [1.82, 2.24) is 5.06 Å². The normalized spacial score (nSPS) is 15.9. The smallest absolute Gasteiger partial charge is 0.0575 e. The Morgan fingerprint density at radius 1 is 0.938 bits per heavy atom. The Morgan fingerprint density at radius 3 is 2.00 bits per heavy atom. The fourth-order valence-electron chi connectivity index (χ4n) is 2.19. The highest BCUT2D eigenvalue weighted by Crippen LogP contribution is 2.26. The van der Waals surface area contributed by atoms with Gasteiger partial charge in [-0.3, -0.25) is 0 Å². The number of hydroxylamine groups is 2. The third kappa shape index (κ3) is 6.49. The molecule has 2 nitrogen and oxygen atoms in total. The van der Waals surface area contributed by atoms with Crippen molar-refractivity contribution in [2.75, 3.05) is 13.7 Å². The van der Waals surface area contributed by atoms with Crippen LogP contribution in [0.4, 0.5) is 0 Å². The molecule has 96 valence electrons. The van der Waals surface area contributed by atoms with Gasteiger partial charge in [0.15, 0.2) is 0 Å². The summed E-state index contributed by atoms with van der Waals surface area (Å²) < 4.78 is 0. The molecule has 0 aromatic heterocycles. The van der Waals surface area contributed by atoms with E-state index < -0.39 is 0 Å². The first-order valence-corrected chi connectivity index (χ1v) is 7.19. The summed E-state index contributed by atoms with van der Waals surface area (Å²) in [6, 6.07) is 0.745. The van der Waals surface area contributed by atoms with Gasteiger partial charge in [-0.1, -0.05) is 51.9 Å². The largest absolute Gasteiger partial charge is 0.302 e. The molecule has 0 aromatic rings. The van der Waals surface area contributed by atoms with Crippen LogP contribution in [0.3, 0.4) is 0 Å². The van der Waals surface area contributed by atoms with E-state index in [1.54, 1.807) is 0 Å². The monoisotopic (exact) mass is 227 g/mol. The van der Waals surface area contributed by atoms with Crippen molar-refractivity contribution < 1.29 is 4.84 Å². The highest BCUT2D eigenvalue weighted by atomic mass is 16.7. The molecular formula is C14H29NO. The van der Waals surface area contributed by atoms with Crippen LogP contribution in [0.1, 0.15) is 71.1 Å². The van der Waals surface area contributed by atoms with Gasteiger partial charge in [-0.25, -0.2) is 0 Å². The summed E-state index contributed by atoms with van der Waals surface area (Å²) in [6.07, 6.45) is 13.8. The SMILES string of the molecule is CCCCCCCCCCN(OC)C1CC1. The predicted octanol–water partition coefficient (Wildman–Crippen LogP) is 4.15. The van der Waals surface area contributed by atoms with E-state index in [-0.39, 0.29) is 0 Å². The van der Waals surface area contributed by atoms with E-state index in [2.05, 4.69) is 12.0 Å². The molecule has 1 saturated carbocycles. The molecular weight excluding hydrogens is 198 g/mol. The fourth-order valence-corrected chi connectivity index (χ4v) is 2.19. The molecule has 16 heavy (non-hydrogen) atoms. The van der Waals surface area contributed by atoms with E-state index >= 15 is 0 Å². The van der Waals surface area contributed by atoms with Gasteiger partial charge in [-0.2, -0.15) is 5.06 Å². The lowest BCUT2D eigenvalue weighted by Crippen LogP contribution is -2.25. The van der Waals surface area contributed by atoms with E-state index in [0.29, 0.717) is 0 Å². The van der Waals surface area contributed by atoms with Gasteiger partial charge >= 0.3 is 0 Å². The molecule has 1 fully saturated rings. The van der Waals surface area contributed by atoms with Crippen LogP contribution in [0, 0.1) is 0 Å². The molecule has 0 N–H and O–H groups in total. The van der Waals surface area contributed by atoms with Crippen LogP contribution in [-0.2, 0) is 4.84 Å². The van der Waals surface area contributed by atoms with Gasteiger partial charge in [0.1, 0.15) is 0 Å². The van der Waals surface area contributed by atoms with Crippen LogP contribution < -0.4 is 0 Å². The summed E-state index contributed by atoms with van der Waals surface area (Å²) in [5, 5.41) is 2.18. The minimum atomic E-state index is 0.745. The molecule has 1 aliphatic carbocycles. The third-order valence-corrected chi connectivity index (χ3v) is 3.42. The summed E-state index contributed by atoms with van der Waals surface area (Å²) in [4.78, 5) is 5.37. The summed E-state index contributed by atoms with van der Waals surface area (Å²) in [5.74, 6) is 0. The maximum Gasteiger partial charge on any atom is 0.0575 e. The van der Waals surface area contributed by atoms with Crippen LogP contribution in [0.2, 0.25) is 0 Å². The molecule has 0 atom stereocenters. The number of unbranched alkanes of at least 4 members (excludes halogenated alkanes) is 7. The van der Waals surface area contributed by atoms with Crippen molar-refractivity contribution in [3.63, 3.8) is 0 Å². The molecule has 0 unspecified atom stereocenters. The van der Waals surface area contributed by atoms with Gasteiger partial charge in [-0.15, -0.1) is 0 Å². The number of hydrogen-bond donors (Lipinski definition) is 0. The van der Waals surface area contributed by atoms with Crippen molar-refractivity contribution >= 4 is 0 Å². The summed E-state index contributed by atoms with van der Waals surface area (Å²) in [6.45, 7) is 3.41. The number of rotatable bonds is 11. The van der Waals surface area contributed by atoms with E-state index in [9.17, 15) is 0 Å². The van der Waals surface area contributed by atoms with Crippen LogP contribution in [0.5, 0.6) is 0 Å². The lowest BCUT2D eigenvalue weighted by Gasteiger charge is -2.18. The third-order valence-electron chi connectivity index (χ3n) is 3.42. The lowest BCUT2D eigenvalue weighted by atomic mass is 10.1. The summed E-state index contributed by atoms with van der Waals surface area (Å²) in [7, 11) is 1.81. The summed E-state index contributed by atoms with van der Waals surface area (Å²) in [5.41, 5.74) is 0. The molecule has 0 spiro atoms. The fraction of sp³-hybridized carbons (Fsp3) is 1.00. The second kappa shape index (κ2) is 9.00. The molecule has 0 saturated heterocycles. The quantitative estimate of drug-likeness (QED) is 0.388. The van der Waals surface area contributed by atoms with Gasteiger partial charge in [0.05, 0.1) is 7.11 Å². The van der Waals surface area contributed by atoms with E-state index in [1.165, 1.54) is 64.2 Å². The minimum absolute atomic E-state index is 0.745. The Balaban J connectivity index is 1.80. The van der Waals surface area contributed by atoms with Gasteiger partial charge in [0.2, 0.25) is 0 Å². The molecule has 0 radical (unpaired) electrons. The Bertz CT molecular complexity index is 157. The first kappa shape index (κ1) is 14.0. The van der Waals surface area contributed by atoms with Crippen LogP contribution in [-0.4, -0.2) is 24.8 Å². The Hall–Kier alpha value is -0.0800. The van der Waals surface area contributed by atoms with Crippen molar-refractivity contribution in [2.45, 2.75) is 77.2 Å². The molecule has 1 aliphatic rings. The first-order chi connectivity index (χ1) is 7.88. The topological polar surface area (TPSA) is 12.5 Å². The van der Waals surface area contributed by atoms with Crippen molar-refractivity contribution in [3.05, 3.63) is 0 Å². The lowest BCUT2D eigenvalue weighted by molar-refractivity contribution is -0.139. The Labute approximate surface area is 101 Å². The average molecular weight is 227 g/mol. The molecule has 0 heterocycles.